The Morgan fingerprint density at radius 3 is 2.54 bits per heavy atom. The summed E-state index contributed by atoms with van der Waals surface area (Å²) in [5.41, 5.74) is 1.21. The second kappa shape index (κ2) is 6.46. The van der Waals surface area contributed by atoms with Gasteiger partial charge in [-0.3, -0.25) is 0 Å². The first-order chi connectivity index (χ1) is 6.33. The van der Waals surface area contributed by atoms with Crippen molar-refractivity contribution in [1.29, 1.82) is 0 Å². The van der Waals surface area contributed by atoms with Gasteiger partial charge in [0.1, 0.15) is 0 Å². The minimum atomic E-state index is 0.695. The molecule has 0 spiro atoms. The smallest absolute Gasteiger partial charge is 0.0716 e. The van der Waals surface area contributed by atoms with Gasteiger partial charge >= 0.3 is 0 Å². The monoisotopic (exact) mass is 260 g/mol. The van der Waals surface area contributed by atoms with Gasteiger partial charge in [0.2, 0.25) is 0 Å². The summed E-state index contributed by atoms with van der Waals surface area (Å²) >= 11 is 7.50. The third-order valence-corrected chi connectivity index (χ3v) is 2.47. The molecule has 0 aliphatic rings. The third kappa shape index (κ3) is 4.69. The molecule has 0 heterocycles. The molecule has 0 fully saturated rings. The number of ether oxygens (including phenoxy) is 1. The molecule has 0 saturated carbocycles. The van der Waals surface area contributed by atoms with Crippen LogP contribution in [0.15, 0.2) is 28.7 Å². The second-order valence-corrected chi connectivity index (χ2v) is 4.12. The Hall–Kier alpha value is 0.01000. The molecule has 0 N–H and O–H groups in total. The van der Waals surface area contributed by atoms with E-state index in [9.17, 15) is 0 Å². The van der Waals surface area contributed by atoms with Crippen LogP contribution in [0.2, 0.25) is 0 Å². The first-order valence-corrected chi connectivity index (χ1v) is 5.68. The normalized spacial score (nSPS) is 10.3. The number of halogens is 1. The van der Waals surface area contributed by atoms with Crippen LogP contribution in [0.25, 0.3) is 0 Å². The third-order valence-electron chi connectivity index (χ3n) is 1.63. The molecule has 1 aromatic carbocycles. The van der Waals surface area contributed by atoms with Crippen molar-refractivity contribution in [3.8, 4) is 0 Å². The standard InChI is InChI=1S/C10H13BrOS/c11-10-4-2-9(3-5-10)8-12-6-1-7-13/h2-5,13H,1,6-8H2. The van der Waals surface area contributed by atoms with E-state index in [0.717, 1.165) is 23.3 Å². The fraction of sp³-hybridized carbons (Fsp3) is 0.400. The van der Waals surface area contributed by atoms with Gasteiger partial charge in [-0.2, -0.15) is 12.6 Å². The van der Waals surface area contributed by atoms with Crippen LogP contribution in [0.3, 0.4) is 0 Å². The van der Waals surface area contributed by atoms with Gasteiger partial charge < -0.3 is 4.74 Å². The van der Waals surface area contributed by atoms with E-state index in [0.29, 0.717) is 6.61 Å². The molecule has 0 atom stereocenters. The lowest BCUT2D eigenvalue weighted by Crippen LogP contribution is -1.95. The van der Waals surface area contributed by atoms with E-state index in [-0.39, 0.29) is 0 Å². The number of rotatable bonds is 5. The number of hydrogen-bond donors (Lipinski definition) is 1. The number of thiol groups is 1. The Balaban J connectivity index is 2.25. The van der Waals surface area contributed by atoms with Crippen LogP contribution < -0.4 is 0 Å². The molecule has 0 aromatic heterocycles. The molecule has 0 aliphatic carbocycles. The van der Waals surface area contributed by atoms with Crippen LogP contribution in [0.4, 0.5) is 0 Å². The zero-order chi connectivity index (χ0) is 9.52. The average Bonchev–Trinajstić information content (AvgIpc) is 2.15. The minimum Gasteiger partial charge on any atom is -0.377 e. The fourth-order valence-electron chi connectivity index (χ4n) is 0.937. The summed E-state index contributed by atoms with van der Waals surface area (Å²) in [5.74, 6) is 0.889. The van der Waals surface area contributed by atoms with Crippen molar-refractivity contribution >= 4 is 28.6 Å². The lowest BCUT2D eigenvalue weighted by Gasteiger charge is -2.02. The molecule has 0 radical (unpaired) electrons. The Kier molecular flexibility index (Phi) is 5.51. The first-order valence-electron chi connectivity index (χ1n) is 4.26. The molecule has 1 rings (SSSR count). The van der Waals surface area contributed by atoms with Gasteiger partial charge in [-0.25, -0.2) is 0 Å². The lowest BCUT2D eigenvalue weighted by molar-refractivity contribution is 0.122. The van der Waals surface area contributed by atoms with E-state index in [1.807, 2.05) is 12.1 Å². The lowest BCUT2D eigenvalue weighted by atomic mass is 10.2. The van der Waals surface area contributed by atoms with Gasteiger partial charge in [-0.1, -0.05) is 28.1 Å². The molecule has 72 valence electrons. The molecule has 0 unspecified atom stereocenters. The predicted octanol–water partition coefficient (Wildman–Crippen LogP) is 3.29. The summed E-state index contributed by atoms with van der Waals surface area (Å²) in [5, 5.41) is 0. The molecular weight excluding hydrogens is 248 g/mol. The molecule has 1 aromatic rings. The van der Waals surface area contributed by atoms with Crippen LogP contribution in [0, 0.1) is 0 Å². The number of benzene rings is 1. The molecule has 13 heavy (non-hydrogen) atoms. The molecule has 0 aliphatic heterocycles. The topological polar surface area (TPSA) is 9.23 Å². The first kappa shape index (κ1) is 11.1. The van der Waals surface area contributed by atoms with Crippen molar-refractivity contribution in [3.05, 3.63) is 34.3 Å². The quantitative estimate of drug-likeness (QED) is 0.632. The number of hydrogen-bond acceptors (Lipinski definition) is 2. The Bertz CT molecular complexity index is 235. The molecule has 0 amide bonds. The van der Waals surface area contributed by atoms with Crippen LogP contribution in [0.5, 0.6) is 0 Å². The molecule has 3 heteroatoms. The Morgan fingerprint density at radius 1 is 1.23 bits per heavy atom. The maximum absolute atomic E-state index is 5.44. The fourth-order valence-corrected chi connectivity index (χ4v) is 1.33. The van der Waals surface area contributed by atoms with Crippen molar-refractivity contribution in [2.24, 2.45) is 0 Å². The van der Waals surface area contributed by atoms with Gasteiger partial charge in [0.15, 0.2) is 0 Å². The molecule has 0 bridgehead atoms. The summed E-state index contributed by atoms with van der Waals surface area (Å²) in [6.45, 7) is 1.49. The molecule has 1 nitrogen and oxygen atoms in total. The van der Waals surface area contributed by atoms with E-state index in [1.54, 1.807) is 0 Å². The minimum absolute atomic E-state index is 0.695. The van der Waals surface area contributed by atoms with Gasteiger partial charge in [-0.15, -0.1) is 0 Å². The van der Waals surface area contributed by atoms with Crippen LogP contribution in [0.1, 0.15) is 12.0 Å². The van der Waals surface area contributed by atoms with Gasteiger partial charge in [0.25, 0.3) is 0 Å². The Labute approximate surface area is 93.0 Å². The van der Waals surface area contributed by atoms with Crippen molar-refractivity contribution in [2.75, 3.05) is 12.4 Å². The largest absolute Gasteiger partial charge is 0.377 e. The molecule has 0 saturated heterocycles. The summed E-state index contributed by atoms with van der Waals surface area (Å²) in [7, 11) is 0. The van der Waals surface area contributed by atoms with E-state index in [2.05, 4.69) is 40.7 Å². The highest BCUT2D eigenvalue weighted by molar-refractivity contribution is 9.10. The maximum atomic E-state index is 5.44. The van der Waals surface area contributed by atoms with Crippen molar-refractivity contribution in [2.45, 2.75) is 13.0 Å². The van der Waals surface area contributed by atoms with Crippen LogP contribution >= 0.6 is 28.6 Å². The SMILES string of the molecule is SCCCOCc1ccc(Br)cc1. The predicted molar refractivity (Wildman–Crippen MR) is 62.3 cm³/mol. The zero-order valence-corrected chi connectivity index (χ0v) is 9.85. The zero-order valence-electron chi connectivity index (χ0n) is 7.37. The summed E-state index contributed by atoms with van der Waals surface area (Å²) in [6, 6.07) is 8.17. The van der Waals surface area contributed by atoms with Crippen LogP contribution in [-0.4, -0.2) is 12.4 Å². The van der Waals surface area contributed by atoms with E-state index in [1.165, 1.54) is 5.56 Å². The van der Waals surface area contributed by atoms with Crippen molar-refractivity contribution in [1.82, 2.24) is 0 Å². The highest BCUT2D eigenvalue weighted by Crippen LogP contribution is 2.11. The van der Waals surface area contributed by atoms with E-state index >= 15 is 0 Å². The summed E-state index contributed by atoms with van der Waals surface area (Å²) < 4.78 is 6.54. The average molecular weight is 261 g/mol. The van der Waals surface area contributed by atoms with Gasteiger partial charge in [0, 0.05) is 11.1 Å². The van der Waals surface area contributed by atoms with Gasteiger partial charge in [-0.05, 0) is 29.9 Å². The maximum Gasteiger partial charge on any atom is 0.0716 e. The van der Waals surface area contributed by atoms with Gasteiger partial charge in [0.05, 0.1) is 6.61 Å². The summed E-state index contributed by atoms with van der Waals surface area (Å²) in [4.78, 5) is 0. The van der Waals surface area contributed by atoms with Crippen LogP contribution in [-0.2, 0) is 11.3 Å². The highest BCUT2D eigenvalue weighted by Gasteiger charge is 1.92. The highest BCUT2D eigenvalue weighted by atomic mass is 79.9. The van der Waals surface area contributed by atoms with E-state index < -0.39 is 0 Å². The summed E-state index contributed by atoms with van der Waals surface area (Å²) in [6.07, 6.45) is 1.01. The molecular formula is C10H13BrOS. The van der Waals surface area contributed by atoms with E-state index in [4.69, 9.17) is 4.74 Å². The van der Waals surface area contributed by atoms with Crippen molar-refractivity contribution < 1.29 is 4.74 Å². The van der Waals surface area contributed by atoms with Crippen molar-refractivity contribution in [3.63, 3.8) is 0 Å². The second-order valence-electron chi connectivity index (χ2n) is 2.76. The Morgan fingerprint density at radius 2 is 1.92 bits per heavy atom.